The molecule has 0 radical (unpaired) electrons. The Balaban J connectivity index is 1.61. The van der Waals surface area contributed by atoms with Crippen LogP contribution < -0.4 is 5.32 Å². The standard InChI is InChI=1S/C25H29FN4O4S/c1-3-30-19(16-28-11-13-29(14-12-28)23(31)20-6-5-15-35-20)21(24(32)34-4-2)22(27-25(30)33)17-7-9-18(26)10-8-17/h5-10,15,22H,3-4,11-14,16H2,1-2H3,(H,27,33). The molecule has 10 heteroatoms. The Bertz CT molecular complexity index is 1100. The highest BCUT2D eigenvalue weighted by Gasteiger charge is 2.38. The minimum Gasteiger partial charge on any atom is -0.463 e. The monoisotopic (exact) mass is 500 g/mol. The minimum atomic E-state index is -0.748. The van der Waals surface area contributed by atoms with Crippen LogP contribution in [-0.4, -0.2) is 78.5 Å². The molecule has 1 atom stereocenters. The number of urea groups is 1. The van der Waals surface area contributed by atoms with Gasteiger partial charge in [-0.25, -0.2) is 14.0 Å². The molecule has 1 N–H and O–H groups in total. The molecule has 0 saturated carbocycles. The van der Waals surface area contributed by atoms with E-state index in [1.165, 1.54) is 23.5 Å². The summed E-state index contributed by atoms with van der Waals surface area (Å²) in [6.07, 6.45) is 0. The van der Waals surface area contributed by atoms with Crippen molar-refractivity contribution in [2.24, 2.45) is 0 Å². The molecule has 1 fully saturated rings. The molecule has 1 aromatic heterocycles. The number of ether oxygens (including phenoxy) is 1. The molecule has 3 heterocycles. The molecule has 8 nitrogen and oxygen atoms in total. The zero-order valence-electron chi connectivity index (χ0n) is 19.8. The van der Waals surface area contributed by atoms with E-state index in [4.69, 9.17) is 4.74 Å². The van der Waals surface area contributed by atoms with Crippen LogP contribution in [0.25, 0.3) is 0 Å². The smallest absolute Gasteiger partial charge is 0.338 e. The summed E-state index contributed by atoms with van der Waals surface area (Å²) in [5.74, 6) is -0.889. The van der Waals surface area contributed by atoms with Gasteiger partial charge in [0.25, 0.3) is 5.91 Å². The summed E-state index contributed by atoms with van der Waals surface area (Å²) in [5.41, 5.74) is 1.52. The number of nitrogens with zero attached hydrogens (tertiary/aromatic N) is 3. The lowest BCUT2D eigenvalue weighted by Gasteiger charge is -2.40. The molecule has 35 heavy (non-hydrogen) atoms. The Hall–Kier alpha value is -3.24. The van der Waals surface area contributed by atoms with Gasteiger partial charge in [-0.1, -0.05) is 18.2 Å². The summed E-state index contributed by atoms with van der Waals surface area (Å²) in [6.45, 7) is 6.82. The number of carbonyl (C=O) groups excluding carboxylic acids is 3. The van der Waals surface area contributed by atoms with E-state index in [0.717, 1.165) is 0 Å². The van der Waals surface area contributed by atoms with Gasteiger partial charge in [0.1, 0.15) is 5.82 Å². The molecule has 186 valence electrons. The fourth-order valence-electron chi connectivity index (χ4n) is 4.44. The molecule has 0 bridgehead atoms. The zero-order valence-corrected chi connectivity index (χ0v) is 20.6. The molecule has 2 aromatic rings. The molecule has 2 aliphatic heterocycles. The summed E-state index contributed by atoms with van der Waals surface area (Å²) >= 11 is 1.43. The molecular weight excluding hydrogens is 471 g/mol. The highest BCUT2D eigenvalue weighted by molar-refractivity contribution is 7.12. The third-order valence-electron chi connectivity index (χ3n) is 6.22. The highest BCUT2D eigenvalue weighted by atomic mass is 32.1. The molecule has 0 spiro atoms. The van der Waals surface area contributed by atoms with E-state index < -0.39 is 17.8 Å². The van der Waals surface area contributed by atoms with Gasteiger partial charge in [-0.05, 0) is 43.0 Å². The van der Waals surface area contributed by atoms with Crippen molar-refractivity contribution in [3.8, 4) is 0 Å². The minimum absolute atomic E-state index is 0.0229. The third kappa shape index (κ3) is 5.38. The van der Waals surface area contributed by atoms with E-state index in [0.29, 0.717) is 61.0 Å². The second kappa shape index (κ2) is 11.0. The SMILES string of the molecule is CCOC(=O)C1=C(CN2CCN(C(=O)c3cccs3)CC2)N(CC)C(=O)NC1c1ccc(F)cc1. The maximum absolute atomic E-state index is 13.6. The van der Waals surface area contributed by atoms with Gasteiger partial charge >= 0.3 is 12.0 Å². The first kappa shape index (κ1) is 24.9. The number of carbonyl (C=O) groups is 3. The van der Waals surface area contributed by atoms with Crippen molar-refractivity contribution >= 4 is 29.2 Å². The fraction of sp³-hybridized carbons (Fsp3) is 0.400. The van der Waals surface area contributed by atoms with Crippen LogP contribution in [0.2, 0.25) is 0 Å². The van der Waals surface area contributed by atoms with Crippen LogP contribution >= 0.6 is 11.3 Å². The van der Waals surface area contributed by atoms with Crippen molar-refractivity contribution in [1.82, 2.24) is 20.0 Å². The predicted octanol–water partition coefficient (Wildman–Crippen LogP) is 3.25. The number of piperazine rings is 1. The molecule has 4 rings (SSSR count). The Morgan fingerprint density at radius 2 is 1.83 bits per heavy atom. The summed E-state index contributed by atoms with van der Waals surface area (Å²) in [5, 5.41) is 4.77. The zero-order chi connectivity index (χ0) is 24.9. The highest BCUT2D eigenvalue weighted by Crippen LogP contribution is 2.32. The summed E-state index contributed by atoms with van der Waals surface area (Å²) in [4.78, 5) is 45.1. The normalized spacial score (nSPS) is 19.1. The maximum Gasteiger partial charge on any atom is 0.338 e. The van der Waals surface area contributed by atoms with Gasteiger partial charge in [-0.2, -0.15) is 0 Å². The number of likely N-dealkylation sites (N-methyl/N-ethyl adjacent to an activating group) is 1. The van der Waals surface area contributed by atoms with Gasteiger partial charge in [-0.15, -0.1) is 11.3 Å². The van der Waals surface area contributed by atoms with E-state index in [1.54, 1.807) is 24.0 Å². The number of rotatable bonds is 7. The first-order valence-corrected chi connectivity index (χ1v) is 12.6. The number of benzene rings is 1. The predicted molar refractivity (Wildman–Crippen MR) is 130 cm³/mol. The van der Waals surface area contributed by atoms with E-state index >= 15 is 0 Å². The van der Waals surface area contributed by atoms with Crippen LogP contribution in [0.5, 0.6) is 0 Å². The van der Waals surface area contributed by atoms with Crippen LogP contribution in [0.4, 0.5) is 9.18 Å². The van der Waals surface area contributed by atoms with Crippen LogP contribution in [0.3, 0.4) is 0 Å². The van der Waals surface area contributed by atoms with Crippen LogP contribution in [0, 0.1) is 5.82 Å². The maximum atomic E-state index is 13.6. The Morgan fingerprint density at radius 1 is 1.11 bits per heavy atom. The van der Waals surface area contributed by atoms with Crippen LogP contribution in [-0.2, 0) is 9.53 Å². The van der Waals surface area contributed by atoms with Gasteiger partial charge < -0.3 is 15.0 Å². The van der Waals surface area contributed by atoms with E-state index in [2.05, 4.69) is 10.2 Å². The second-order valence-corrected chi connectivity index (χ2v) is 9.25. The lowest BCUT2D eigenvalue weighted by Crippen LogP contribution is -2.53. The first-order chi connectivity index (χ1) is 16.9. The lowest BCUT2D eigenvalue weighted by atomic mass is 9.94. The summed E-state index contributed by atoms with van der Waals surface area (Å²) in [7, 11) is 0. The average molecular weight is 501 g/mol. The van der Waals surface area contributed by atoms with E-state index in [9.17, 15) is 18.8 Å². The molecule has 1 saturated heterocycles. The van der Waals surface area contributed by atoms with Gasteiger partial charge in [-0.3, -0.25) is 14.6 Å². The second-order valence-electron chi connectivity index (χ2n) is 8.30. The molecule has 1 unspecified atom stereocenters. The number of amides is 3. The molecular formula is C25H29FN4O4S. The number of esters is 1. The summed E-state index contributed by atoms with van der Waals surface area (Å²) in [6, 6.07) is 8.35. The van der Waals surface area contributed by atoms with Crippen molar-refractivity contribution < 1.29 is 23.5 Å². The van der Waals surface area contributed by atoms with Crippen LogP contribution in [0.1, 0.15) is 35.1 Å². The number of nitrogens with one attached hydrogen (secondary N) is 1. The van der Waals surface area contributed by atoms with Crippen molar-refractivity contribution in [3.63, 3.8) is 0 Å². The van der Waals surface area contributed by atoms with Crippen molar-refractivity contribution in [1.29, 1.82) is 0 Å². The molecule has 2 aliphatic rings. The van der Waals surface area contributed by atoms with Gasteiger partial charge in [0, 0.05) is 45.0 Å². The number of hydrogen-bond donors (Lipinski definition) is 1. The van der Waals surface area contributed by atoms with Gasteiger partial charge in [0.05, 0.1) is 23.1 Å². The third-order valence-corrected chi connectivity index (χ3v) is 7.08. The van der Waals surface area contributed by atoms with Crippen LogP contribution in [0.15, 0.2) is 53.0 Å². The number of thiophene rings is 1. The fourth-order valence-corrected chi connectivity index (χ4v) is 5.13. The Kier molecular flexibility index (Phi) is 7.82. The number of hydrogen-bond acceptors (Lipinski definition) is 6. The van der Waals surface area contributed by atoms with Crippen molar-refractivity contribution in [2.75, 3.05) is 45.9 Å². The first-order valence-electron chi connectivity index (χ1n) is 11.7. The van der Waals surface area contributed by atoms with Gasteiger partial charge in [0.2, 0.25) is 0 Å². The Labute approximate surface area is 207 Å². The molecule has 1 aromatic carbocycles. The number of halogens is 1. The van der Waals surface area contributed by atoms with E-state index in [1.807, 2.05) is 29.3 Å². The average Bonchev–Trinajstić information content (AvgIpc) is 3.40. The lowest BCUT2D eigenvalue weighted by molar-refractivity contribution is -0.139. The largest absolute Gasteiger partial charge is 0.463 e. The van der Waals surface area contributed by atoms with Gasteiger partial charge in [0.15, 0.2) is 0 Å². The van der Waals surface area contributed by atoms with E-state index in [-0.39, 0.29) is 18.5 Å². The van der Waals surface area contributed by atoms with Crippen molar-refractivity contribution in [3.05, 3.63) is 69.3 Å². The van der Waals surface area contributed by atoms with Crippen molar-refractivity contribution in [2.45, 2.75) is 19.9 Å². The quantitative estimate of drug-likeness (QED) is 0.591. The summed E-state index contributed by atoms with van der Waals surface area (Å²) < 4.78 is 18.9. The molecule has 0 aliphatic carbocycles. The topological polar surface area (TPSA) is 82.2 Å². The molecule has 3 amide bonds. The Morgan fingerprint density at radius 3 is 2.43 bits per heavy atom.